The molecule has 1 N–H and O–H groups in total. The average Bonchev–Trinajstić information content (AvgIpc) is 2.41. The van der Waals surface area contributed by atoms with E-state index in [0.717, 1.165) is 30.8 Å². The van der Waals surface area contributed by atoms with E-state index in [-0.39, 0.29) is 11.4 Å². The summed E-state index contributed by atoms with van der Waals surface area (Å²) in [6.45, 7) is 12.9. The van der Waals surface area contributed by atoms with E-state index in [0.29, 0.717) is 12.0 Å². The summed E-state index contributed by atoms with van der Waals surface area (Å²) in [6.07, 6.45) is 1.07. The Balaban J connectivity index is 2.39. The Labute approximate surface area is 122 Å². The van der Waals surface area contributed by atoms with Gasteiger partial charge in [-0.2, -0.15) is 0 Å². The van der Waals surface area contributed by atoms with Gasteiger partial charge in [0.1, 0.15) is 5.82 Å². The molecule has 1 heterocycles. The quantitative estimate of drug-likeness (QED) is 0.906. The zero-order valence-corrected chi connectivity index (χ0v) is 13.3. The first kappa shape index (κ1) is 15.3. The zero-order valence-electron chi connectivity index (χ0n) is 13.3. The molecule has 2 unspecified atom stereocenters. The van der Waals surface area contributed by atoms with E-state index >= 15 is 0 Å². The molecule has 0 aromatic heterocycles. The van der Waals surface area contributed by atoms with E-state index in [1.807, 2.05) is 6.07 Å². The Bertz CT molecular complexity index is 472. The number of halogens is 1. The first-order chi connectivity index (χ1) is 9.36. The molecule has 1 aromatic carbocycles. The molecule has 1 aromatic rings. The van der Waals surface area contributed by atoms with Crippen LogP contribution in [-0.4, -0.2) is 24.7 Å². The second kappa shape index (κ2) is 5.72. The zero-order chi connectivity index (χ0) is 14.9. The summed E-state index contributed by atoms with van der Waals surface area (Å²) in [4.78, 5) is 2.41. The largest absolute Gasteiger partial charge is 0.365 e. The van der Waals surface area contributed by atoms with Gasteiger partial charge in [-0.15, -0.1) is 0 Å². The number of hydrogen-bond acceptors (Lipinski definition) is 2. The summed E-state index contributed by atoms with van der Waals surface area (Å²) >= 11 is 0. The highest BCUT2D eigenvalue weighted by atomic mass is 19.1. The van der Waals surface area contributed by atoms with Crippen LogP contribution in [0.3, 0.4) is 0 Å². The number of aryl methyl sites for hydroxylation is 1. The van der Waals surface area contributed by atoms with Crippen molar-refractivity contribution in [1.82, 2.24) is 5.32 Å². The van der Waals surface area contributed by atoms with E-state index in [9.17, 15) is 4.39 Å². The highest BCUT2D eigenvalue weighted by Crippen LogP contribution is 2.31. The second-order valence-electron chi connectivity index (χ2n) is 6.67. The van der Waals surface area contributed by atoms with Crippen LogP contribution in [0.5, 0.6) is 0 Å². The van der Waals surface area contributed by atoms with Gasteiger partial charge in [0.25, 0.3) is 0 Å². The van der Waals surface area contributed by atoms with Crippen LogP contribution in [0.25, 0.3) is 0 Å². The molecule has 0 radical (unpaired) electrons. The van der Waals surface area contributed by atoms with Gasteiger partial charge in [0, 0.05) is 30.4 Å². The molecule has 0 amide bonds. The Kier molecular flexibility index (Phi) is 4.38. The summed E-state index contributed by atoms with van der Waals surface area (Å²) in [6, 6.07) is 5.53. The summed E-state index contributed by atoms with van der Waals surface area (Å²) in [5, 5.41) is 3.67. The Morgan fingerprint density at radius 3 is 2.75 bits per heavy atom. The van der Waals surface area contributed by atoms with Crippen molar-refractivity contribution in [3.05, 3.63) is 29.6 Å². The molecule has 0 aliphatic carbocycles. The Morgan fingerprint density at radius 1 is 1.45 bits per heavy atom. The molecule has 3 heteroatoms. The topological polar surface area (TPSA) is 15.3 Å². The van der Waals surface area contributed by atoms with Crippen molar-refractivity contribution < 1.29 is 4.39 Å². The third-order valence-electron chi connectivity index (χ3n) is 4.69. The van der Waals surface area contributed by atoms with Crippen molar-refractivity contribution in [2.24, 2.45) is 5.92 Å². The van der Waals surface area contributed by atoms with Gasteiger partial charge < -0.3 is 10.2 Å². The van der Waals surface area contributed by atoms with E-state index in [1.165, 1.54) is 0 Å². The third kappa shape index (κ3) is 2.98. The molecule has 1 saturated heterocycles. The minimum atomic E-state index is -0.148. The van der Waals surface area contributed by atoms with Crippen LogP contribution >= 0.6 is 0 Å². The van der Waals surface area contributed by atoms with Crippen LogP contribution in [0, 0.1) is 18.7 Å². The summed E-state index contributed by atoms with van der Waals surface area (Å²) in [5.74, 6) is 0.386. The predicted octanol–water partition coefficient (Wildman–Crippen LogP) is 3.74. The lowest BCUT2D eigenvalue weighted by Gasteiger charge is -2.49. The Morgan fingerprint density at radius 2 is 2.15 bits per heavy atom. The first-order valence-electron chi connectivity index (χ1n) is 7.64. The lowest BCUT2D eigenvalue weighted by atomic mass is 9.89. The molecule has 1 fully saturated rings. The molecule has 2 rings (SSSR count). The first-order valence-corrected chi connectivity index (χ1v) is 7.64. The predicted molar refractivity (Wildman–Crippen MR) is 83.8 cm³/mol. The van der Waals surface area contributed by atoms with Crippen LogP contribution in [0.1, 0.15) is 39.7 Å². The van der Waals surface area contributed by atoms with Crippen LogP contribution < -0.4 is 10.2 Å². The average molecular weight is 278 g/mol. The van der Waals surface area contributed by atoms with Crippen LogP contribution in [0.4, 0.5) is 10.1 Å². The van der Waals surface area contributed by atoms with Crippen LogP contribution in [0.2, 0.25) is 0 Å². The van der Waals surface area contributed by atoms with Crippen LogP contribution in [0.15, 0.2) is 18.2 Å². The lowest BCUT2D eigenvalue weighted by Crippen LogP contribution is -2.64. The summed E-state index contributed by atoms with van der Waals surface area (Å²) in [5.41, 5.74) is 2.30. The molecular weight excluding hydrogens is 251 g/mol. The van der Waals surface area contributed by atoms with Crippen LogP contribution in [-0.2, 0) is 0 Å². The number of hydrogen-bond donors (Lipinski definition) is 1. The summed E-state index contributed by atoms with van der Waals surface area (Å²) < 4.78 is 13.7. The maximum Gasteiger partial charge on any atom is 0.125 e. The molecule has 0 bridgehead atoms. The maximum atomic E-state index is 13.7. The number of rotatable bonds is 3. The fraction of sp³-hybridized carbons (Fsp3) is 0.647. The van der Waals surface area contributed by atoms with E-state index in [1.54, 1.807) is 12.1 Å². The number of benzene rings is 1. The number of nitrogens with zero attached hydrogens (tertiary/aromatic N) is 1. The lowest BCUT2D eigenvalue weighted by molar-refractivity contribution is 0.252. The van der Waals surface area contributed by atoms with Gasteiger partial charge >= 0.3 is 0 Å². The van der Waals surface area contributed by atoms with E-state index in [4.69, 9.17) is 0 Å². The maximum absolute atomic E-state index is 13.7. The molecule has 1 aliphatic heterocycles. The molecule has 2 atom stereocenters. The van der Waals surface area contributed by atoms with Gasteiger partial charge in [-0.05, 0) is 43.9 Å². The van der Waals surface area contributed by atoms with Gasteiger partial charge in [-0.3, -0.25) is 0 Å². The van der Waals surface area contributed by atoms with Crippen molar-refractivity contribution in [3.8, 4) is 0 Å². The van der Waals surface area contributed by atoms with E-state index in [2.05, 4.69) is 44.8 Å². The SMILES string of the molecule is CCC1(C)CN(c2cc(F)ccc2C)C(C(C)C)CN1. The normalized spacial score (nSPS) is 27.1. The number of piperazine rings is 1. The van der Waals surface area contributed by atoms with Crippen molar-refractivity contribution in [3.63, 3.8) is 0 Å². The monoisotopic (exact) mass is 278 g/mol. The number of anilines is 1. The van der Waals surface area contributed by atoms with Gasteiger partial charge in [-0.25, -0.2) is 4.39 Å². The van der Waals surface area contributed by atoms with Gasteiger partial charge in [0.2, 0.25) is 0 Å². The number of nitrogens with one attached hydrogen (secondary N) is 1. The molecule has 20 heavy (non-hydrogen) atoms. The molecule has 2 nitrogen and oxygen atoms in total. The fourth-order valence-electron chi connectivity index (χ4n) is 3.00. The molecule has 0 spiro atoms. The van der Waals surface area contributed by atoms with Crippen molar-refractivity contribution in [2.75, 3.05) is 18.0 Å². The fourth-order valence-corrected chi connectivity index (χ4v) is 3.00. The minimum absolute atomic E-state index is 0.101. The molecule has 112 valence electrons. The van der Waals surface area contributed by atoms with Gasteiger partial charge in [0.05, 0.1) is 0 Å². The summed E-state index contributed by atoms with van der Waals surface area (Å²) in [7, 11) is 0. The standard InChI is InChI=1S/C17H27FN2/c1-6-17(5)11-20(16(10-19-17)12(2)3)15-9-14(18)8-7-13(15)4/h7-9,12,16,19H,6,10-11H2,1-5H3. The second-order valence-corrected chi connectivity index (χ2v) is 6.67. The molecular formula is C17H27FN2. The van der Waals surface area contributed by atoms with Crippen molar-refractivity contribution >= 4 is 5.69 Å². The van der Waals surface area contributed by atoms with Crippen molar-refractivity contribution in [1.29, 1.82) is 0 Å². The highest BCUT2D eigenvalue weighted by molar-refractivity contribution is 5.55. The highest BCUT2D eigenvalue weighted by Gasteiger charge is 2.36. The van der Waals surface area contributed by atoms with E-state index < -0.39 is 0 Å². The Hall–Kier alpha value is -1.09. The third-order valence-corrected chi connectivity index (χ3v) is 4.69. The van der Waals surface area contributed by atoms with Crippen molar-refractivity contribution in [2.45, 2.75) is 52.6 Å². The minimum Gasteiger partial charge on any atom is -0.365 e. The smallest absolute Gasteiger partial charge is 0.125 e. The van der Waals surface area contributed by atoms with Gasteiger partial charge in [-0.1, -0.05) is 26.8 Å². The molecule has 1 aliphatic rings. The van der Waals surface area contributed by atoms with Gasteiger partial charge in [0.15, 0.2) is 0 Å². The molecule has 0 saturated carbocycles.